The molecule has 0 atom stereocenters. The average Bonchev–Trinajstić information content (AvgIpc) is 2.86. The second kappa shape index (κ2) is 4.76. The molecule has 0 radical (unpaired) electrons. The van der Waals surface area contributed by atoms with Crippen LogP contribution in [0.15, 0.2) is 30.6 Å². The van der Waals surface area contributed by atoms with Crippen LogP contribution >= 0.6 is 0 Å². The maximum Gasteiger partial charge on any atom is 0.228 e. The summed E-state index contributed by atoms with van der Waals surface area (Å²) in [6.07, 6.45) is 5.04. The van der Waals surface area contributed by atoms with Crippen molar-refractivity contribution in [3.05, 3.63) is 36.2 Å². The summed E-state index contributed by atoms with van der Waals surface area (Å²) in [6, 6.07) is 5.67. The Bertz CT molecular complexity index is 609. The van der Waals surface area contributed by atoms with E-state index in [0.717, 1.165) is 29.8 Å². The summed E-state index contributed by atoms with van der Waals surface area (Å²) in [5.41, 5.74) is 2.87. The summed E-state index contributed by atoms with van der Waals surface area (Å²) in [7, 11) is 0. The van der Waals surface area contributed by atoms with Crippen molar-refractivity contribution < 1.29 is 4.79 Å². The Labute approximate surface area is 111 Å². The largest absolute Gasteiger partial charge is 0.295 e. The SMILES string of the molecule is Cc1cnccc1-c1ccc(N2CCCC2=O)nn1. The number of aromatic nitrogens is 3. The number of hydrogen-bond donors (Lipinski definition) is 0. The number of carbonyl (C=O) groups is 1. The van der Waals surface area contributed by atoms with Gasteiger partial charge in [-0.2, -0.15) is 0 Å². The van der Waals surface area contributed by atoms with Crippen molar-refractivity contribution >= 4 is 11.7 Å². The van der Waals surface area contributed by atoms with Crippen LogP contribution in [0.5, 0.6) is 0 Å². The molecule has 5 nitrogen and oxygen atoms in total. The molecule has 0 saturated carbocycles. The van der Waals surface area contributed by atoms with Crippen LogP contribution in [0, 0.1) is 6.92 Å². The fourth-order valence-electron chi connectivity index (χ4n) is 2.26. The van der Waals surface area contributed by atoms with E-state index in [1.54, 1.807) is 17.3 Å². The van der Waals surface area contributed by atoms with Gasteiger partial charge >= 0.3 is 0 Å². The lowest BCUT2D eigenvalue weighted by Gasteiger charge is -2.13. The highest BCUT2D eigenvalue weighted by Gasteiger charge is 2.22. The molecule has 1 saturated heterocycles. The monoisotopic (exact) mass is 254 g/mol. The fourth-order valence-corrected chi connectivity index (χ4v) is 2.26. The van der Waals surface area contributed by atoms with E-state index in [-0.39, 0.29) is 5.91 Å². The number of rotatable bonds is 2. The zero-order valence-corrected chi connectivity index (χ0v) is 10.7. The minimum absolute atomic E-state index is 0.127. The van der Waals surface area contributed by atoms with Crippen molar-refractivity contribution in [2.75, 3.05) is 11.4 Å². The van der Waals surface area contributed by atoms with Crippen molar-refractivity contribution in [2.24, 2.45) is 0 Å². The zero-order valence-electron chi connectivity index (χ0n) is 10.7. The van der Waals surface area contributed by atoms with Gasteiger partial charge in [-0.05, 0) is 37.1 Å². The topological polar surface area (TPSA) is 59.0 Å². The van der Waals surface area contributed by atoms with Crippen molar-refractivity contribution in [3.8, 4) is 11.3 Å². The third kappa shape index (κ3) is 2.19. The van der Waals surface area contributed by atoms with Crippen molar-refractivity contribution in [3.63, 3.8) is 0 Å². The summed E-state index contributed by atoms with van der Waals surface area (Å²) in [5, 5.41) is 8.38. The molecule has 0 unspecified atom stereocenters. The maximum atomic E-state index is 11.6. The molecule has 3 rings (SSSR count). The lowest BCUT2D eigenvalue weighted by molar-refractivity contribution is -0.117. The molecule has 0 spiro atoms. The predicted octanol–water partition coefficient (Wildman–Crippen LogP) is 1.97. The Kier molecular flexibility index (Phi) is 2.95. The van der Waals surface area contributed by atoms with Crippen LogP contribution in [0.4, 0.5) is 5.82 Å². The number of aryl methyl sites for hydroxylation is 1. The summed E-state index contributed by atoms with van der Waals surface area (Å²) in [5.74, 6) is 0.764. The fraction of sp³-hybridized carbons (Fsp3) is 0.286. The first-order valence-corrected chi connectivity index (χ1v) is 6.31. The average molecular weight is 254 g/mol. The number of hydrogen-bond acceptors (Lipinski definition) is 4. The smallest absolute Gasteiger partial charge is 0.228 e. The maximum absolute atomic E-state index is 11.6. The van der Waals surface area contributed by atoms with Gasteiger partial charge < -0.3 is 0 Å². The molecule has 5 heteroatoms. The van der Waals surface area contributed by atoms with Gasteiger partial charge in [-0.15, -0.1) is 10.2 Å². The number of nitrogens with zero attached hydrogens (tertiary/aromatic N) is 4. The number of amides is 1. The van der Waals surface area contributed by atoms with E-state index in [9.17, 15) is 4.79 Å². The van der Waals surface area contributed by atoms with E-state index in [1.165, 1.54) is 0 Å². The van der Waals surface area contributed by atoms with Gasteiger partial charge in [-0.1, -0.05) is 0 Å². The summed E-state index contributed by atoms with van der Waals surface area (Å²) in [4.78, 5) is 17.4. The number of anilines is 1. The van der Waals surface area contributed by atoms with Crippen LogP contribution < -0.4 is 4.90 Å². The minimum atomic E-state index is 0.127. The van der Waals surface area contributed by atoms with Crippen LogP contribution in [0.25, 0.3) is 11.3 Å². The van der Waals surface area contributed by atoms with Gasteiger partial charge in [-0.3, -0.25) is 14.7 Å². The molecule has 1 fully saturated rings. The van der Waals surface area contributed by atoms with Gasteiger partial charge in [0.15, 0.2) is 5.82 Å². The van der Waals surface area contributed by atoms with Crippen LogP contribution in [0.2, 0.25) is 0 Å². The standard InChI is InChI=1S/C14H14N4O/c1-10-9-15-7-6-11(10)12-4-5-13(17-16-12)18-8-2-3-14(18)19/h4-7,9H,2-3,8H2,1H3. The van der Waals surface area contributed by atoms with E-state index in [2.05, 4.69) is 15.2 Å². The molecule has 0 bridgehead atoms. The second-order valence-corrected chi connectivity index (χ2v) is 4.62. The highest BCUT2D eigenvalue weighted by atomic mass is 16.2. The molecule has 19 heavy (non-hydrogen) atoms. The van der Waals surface area contributed by atoms with Gasteiger partial charge in [-0.25, -0.2) is 0 Å². The summed E-state index contributed by atoms with van der Waals surface area (Å²) >= 11 is 0. The van der Waals surface area contributed by atoms with Crippen LogP contribution in [0.3, 0.4) is 0 Å². The normalized spacial score (nSPS) is 15.0. The van der Waals surface area contributed by atoms with E-state index < -0.39 is 0 Å². The molecule has 1 aliphatic rings. The van der Waals surface area contributed by atoms with Gasteiger partial charge in [0.1, 0.15) is 0 Å². The molecule has 2 aromatic heterocycles. The summed E-state index contributed by atoms with van der Waals surface area (Å²) in [6.45, 7) is 2.73. The van der Waals surface area contributed by atoms with Crippen molar-refractivity contribution in [1.29, 1.82) is 0 Å². The lowest BCUT2D eigenvalue weighted by Crippen LogP contribution is -2.24. The third-order valence-corrected chi connectivity index (χ3v) is 3.30. The molecule has 96 valence electrons. The van der Waals surface area contributed by atoms with Gasteiger partial charge in [0.2, 0.25) is 5.91 Å². The predicted molar refractivity (Wildman–Crippen MR) is 71.6 cm³/mol. The zero-order chi connectivity index (χ0) is 13.2. The highest BCUT2D eigenvalue weighted by molar-refractivity contribution is 5.94. The van der Waals surface area contributed by atoms with Crippen LogP contribution in [-0.4, -0.2) is 27.6 Å². The Morgan fingerprint density at radius 2 is 2.11 bits per heavy atom. The number of pyridine rings is 1. The first kappa shape index (κ1) is 11.8. The van der Waals surface area contributed by atoms with E-state index in [0.29, 0.717) is 12.2 Å². The number of carbonyl (C=O) groups excluding carboxylic acids is 1. The first-order valence-electron chi connectivity index (χ1n) is 6.31. The minimum Gasteiger partial charge on any atom is -0.295 e. The molecule has 0 aromatic carbocycles. The lowest BCUT2D eigenvalue weighted by atomic mass is 10.1. The molecule has 0 N–H and O–H groups in total. The summed E-state index contributed by atoms with van der Waals surface area (Å²) < 4.78 is 0. The molecular formula is C14H14N4O. The highest BCUT2D eigenvalue weighted by Crippen LogP contribution is 2.23. The van der Waals surface area contributed by atoms with E-state index in [4.69, 9.17) is 0 Å². The molecular weight excluding hydrogens is 240 g/mol. The molecule has 3 heterocycles. The first-order chi connectivity index (χ1) is 9.25. The third-order valence-electron chi connectivity index (χ3n) is 3.30. The molecule has 1 aliphatic heterocycles. The molecule has 1 amide bonds. The Balaban J connectivity index is 1.91. The van der Waals surface area contributed by atoms with Crippen LogP contribution in [0.1, 0.15) is 18.4 Å². The van der Waals surface area contributed by atoms with Gasteiger partial charge in [0, 0.05) is 30.9 Å². The van der Waals surface area contributed by atoms with Gasteiger partial charge in [0.25, 0.3) is 0 Å². The second-order valence-electron chi connectivity index (χ2n) is 4.62. The van der Waals surface area contributed by atoms with E-state index in [1.807, 2.05) is 25.1 Å². The Hall–Kier alpha value is -2.30. The Morgan fingerprint density at radius 1 is 1.21 bits per heavy atom. The van der Waals surface area contributed by atoms with Crippen molar-refractivity contribution in [2.45, 2.75) is 19.8 Å². The molecule has 2 aromatic rings. The van der Waals surface area contributed by atoms with Crippen LogP contribution in [-0.2, 0) is 4.79 Å². The van der Waals surface area contributed by atoms with Crippen molar-refractivity contribution in [1.82, 2.24) is 15.2 Å². The van der Waals surface area contributed by atoms with E-state index >= 15 is 0 Å². The van der Waals surface area contributed by atoms with Gasteiger partial charge in [0.05, 0.1) is 5.69 Å². The quantitative estimate of drug-likeness (QED) is 0.822. The Morgan fingerprint density at radius 3 is 2.74 bits per heavy atom. The molecule has 0 aliphatic carbocycles.